The van der Waals surface area contributed by atoms with E-state index < -0.39 is 5.97 Å². The maximum absolute atomic E-state index is 12.5. The lowest BCUT2D eigenvalue weighted by Crippen LogP contribution is -2.11. The van der Waals surface area contributed by atoms with Gasteiger partial charge in [0.15, 0.2) is 5.78 Å². The fourth-order valence-electron chi connectivity index (χ4n) is 2.13. The summed E-state index contributed by atoms with van der Waals surface area (Å²) in [5.41, 5.74) is 7.35. The summed E-state index contributed by atoms with van der Waals surface area (Å²) < 4.78 is 4.76. The van der Waals surface area contributed by atoms with Crippen LogP contribution in [0.25, 0.3) is 6.08 Å². The fourth-order valence-corrected chi connectivity index (χ4v) is 2.74. The summed E-state index contributed by atoms with van der Waals surface area (Å²) in [4.78, 5) is 24.5. The predicted octanol–water partition coefficient (Wildman–Crippen LogP) is 4.41. The molecule has 24 heavy (non-hydrogen) atoms. The first kappa shape index (κ1) is 18.0. The Kier molecular flexibility index (Phi) is 6.01. The molecule has 4 nitrogen and oxygen atoms in total. The number of nitrogens with two attached hydrogens (primary N) is 1. The number of methoxy groups -OCH3 is 1. The second kappa shape index (κ2) is 7.99. The summed E-state index contributed by atoms with van der Waals surface area (Å²) in [6.45, 7) is 0. The SMILES string of the molecule is COC(=O)/C(=C/c1ccc(N)cc1)CC(=O)c1c(Cl)cccc1Cl. The Hall–Kier alpha value is -2.30. The van der Waals surface area contributed by atoms with E-state index in [1.807, 2.05) is 0 Å². The van der Waals surface area contributed by atoms with Gasteiger partial charge in [-0.2, -0.15) is 0 Å². The van der Waals surface area contributed by atoms with Gasteiger partial charge < -0.3 is 10.5 Å². The summed E-state index contributed by atoms with van der Waals surface area (Å²) in [6, 6.07) is 11.7. The number of halogens is 2. The Balaban J connectivity index is 2.34. The molecule has 0 aliphatic heterocycles. The summed E-state index contributed by atoms with van der Waals surface area (Å²) in [6.07, 6.45) is 1.40. The van der Waals surface area contributed by atoms with Crippen molar-refractivity contribution in [3.8, 4) is 0 Å². The summed E-state index contributed by atoms with van der Waals surface area (Å²) in [7, 11) is 1.26. The lowest BCUT2D eigenvalue weighted by molar-refractivity contribution is -0.136. The van der Waals surface area contributed by atoms with Crippen molar-refractivity contribution in [2.45, 2.75) is 6.42 Å². The molecule has 0 saturated heterocycles. The van der Waals surface area contributed by atoms with Crippen LogP contribution in [0.2, 0.25) is 10.0 Å². The summed E-state index contributed by atoms with van der Waals surface area (Å²) in [5, 5.41) is 0.480. The summed E-state index contributed by atoms with van der Waals surface area (Å²) in [5.74, 6) is -0.957. The molecule has 0 spiro atoms. The Bertz CT molecular complexity index is 778. The van der Waals surface area contributed by atoms with E-state index in [9.17, 15) is 9.59 Å². The van der Waals surface area contributed by atoms with E-state index in [4.69, 9.17) is 33.7 Å². The molecule has 2 N–H and O–H groups in total. The molecule has 2 aromatic rings. The quantitative estimate of drug-likeness (QED) is 0.369. The molecule has 6 heteroatoms. The molecule has 0 aliphatic carbocycles. The lowest BCUT2D eigenvalue weighted by Gasteiger charge is -2.08. The molecule has 2 rings (SSSR count). The Morgan fingerprint density at radius 1 is 1.08 bits per heavy atom. The zero-order chi connectivity index (χ0) is 17.7. The van der Waals surface area contributed by atoms with E-state index in [1.165, 1.54) is 7.11 Å². The van der Waals surface area contributed by atoms with Gasteiger partial charge in [0.1, 0.15) is 0 Å². The number of benzene rings is 2. The first-order valence-electron chi connectivity index (χ1n) is 7.04. The Morgan fingerprint density at radius 2 is 1.67 bits per heavy atom. The van der Waals surface area contributed by atoms with Crippen molar-refractivity contribution in [1.29, 1.82) is 0 Å². The average molecular weight is 364 g/mol. The van der Waals surface area contributed by atoms with Gasteiger partial charge in [-0.25, -0.2) is 4.79 Å². The van der Waals surface area contributed by atoms with Gasteiger partial charge in [0.05, 0.1) is 22.7 Å². The number of anilines is 1. The average Bonchev–Trinajstić information content (AvgIpc) is 2.55. The minimum atomic E-state index is -0.594. The monoisotopic (exact) mass is 363 g/mol. The highest BCUT2D eigenvalue weighted by atomic mass is 35.5. The van der Waals surface area contributed by atoms with Crippen LogP contribution in [0.4, 0.5) is 5.69 Å². The number of ketones is 1. The van der Waals surface area contributed by atoms with Crippen LogP contribution in [0.3, 0.4) is 0 Å². The van der Waals surface area contributed by atoms with Crippen LogP contribution in [0.15, 0.2) is 48.0 Å². The third kappa shape index (κ3) is 4.37. The molecular formula is C18H15Cl2NO3. The van der Waals surface area contributed by atoms with Gasteiger partial charge in [0.25, 0.3) is 0 Å². The van der Waals surface area contributed by atoms with Crippen molar-refractivity contribution in [3.63, 3.8) is 0 Å². The van der Waals surface area contributed by atoms with E-state index in [-0.39, 0.29) is 33.4 Å². The molecule has 124 valence electrons. The number of carbonyl (C=O) groups excluding carboxylic acids is 2. The van der Waals surface area contributed by atoms with Crippen molar-refractivity contribution >= 4 is 46.7 Å². The Labute approximate surface area is 149 Å². The molecule has 2 aromatic carbocycles. The standard InChI is InChI=1S/C18H15Cl2NO3/c1-24-18(23)12(9-11-5-7-13(21)8-6-11)10-16(22)17-14(19)3-2-4-15(17)20/h2-9H,10,21H2,1H3/b12-9+. The third-order valence-electron chi connectivity index (χ3n) is 3.32. The van der Waals surface area contributed by atoms with E-state index in [2.05, 4.69) is 0 Å². The third-order valence-corrected chi connectivity index (χ3v) is 3.95. The van der Waals surface area contributed by atoms with Gasteiger partial charge in [-0.05, 0) is 35.9 Å². The highest BCUT2D eigenvalue weighted by molar-refractivity contribution is 6.40. The van der Waals surface area contributed by atoms with Gasteiger partial charge >= 0.3 is 5.97 Å². The molecule has 0 unspecified atom stereocenters. The highest BCUT2D eigenvalue weighted by Gasteiger charge is 2.20. The van der Waals surface area contributed by atoms with Crippen molar-refractivity contribution in [2.75, 3.05) is 12.8 Å². The molecule has 0 fully saturated rings. The molecular weight excluding hydrogens is 349 g/mol. The minimum absolute atomic E-state index is 0.180. The molecule has 0 saturated carbocycles. The van der Waals surface area contributed by atoms with E-state index in [0.717, 1.165) is 5.56 Å². The largest absolute Gasteiger partial charge is 0.466 e. The summed E-state index contributed by atoms with van der Waals surface area (Å²) >= 11 is 12.1. The van der Waals surface area contributed by atoms with Crippen LogP contribution < -0.4 is 5.73 Å². The van der Waals surface area contributed by atoms with Crippen molar-refractivity contribution in [3.05, 3.63) is 69.2 Å². The van der Waals surface area contributed by atoms with Crippen molar-refractivity contribution < 1.29 is 14.3 Å². The molecule has 0 heterocycles. The number of hydrogen-bond acceptors (Lipinski definition) is 4. The van der Waals surface area contributed by atoms with E-state index >= 15 is 0 Å². The normalized spacial score (nSPS) is 11.2. The van der Waals surface area contributed by atoms with Crippen LogP contribution >= 0.6 is 23.2 Å². The zero-order valence-electron chi connectivity index (χ0n) is 12.9. The van der Waals surface area contributed by atoms with E-state index in [0.29, 0.717) is 5.69 Å². The molecule has 0 atom stereocenters. The topological polar surface area (TPSA) is 69.4 Å². The second-order valence-corrected chi connectivity index (χ2v) is 5.84. The number of hydrogen-bond donors (Lipinski definition) is 1. The number of esters is 1. The maximum Gasteiger partial charge on any atom is 0.334 e. The van der Waals surface area contributed by atoms with Crippen LogP contribution in [-0.2, 0) is 9.53 Å². The van der Waals surface area contributed by atoms with Crippen LogP contribution in [-0.4, -0.2) is 18.9 Å². The Morgan fingerprint density at radius 3 is 2.21 bits per heavy atom. The fraction of sp³-hybridized carbons (Fsp3) is 0.111. The predicted molar refractivity (Wildman–Crippen MR) is 96.3 cm³/mol. The number of rotatable bonds is 5. The zero-order valence-corrected chi connectivity index (χ0v) is 14.4. The van der Waals surface area contributed by atoms with Crippen LogP contribution in [0.5, 0.6) is 0 Å². The van der Waals surface area contributed by atoms with Gasteiger partial charge in [-0.15, -0.1) is 0 Å². The first-order chi connectivity index (χ1) is 11.4. The smallest absolute Gasteiger partial charge is 0.334 e. The lowest BCUT2D eigenvalue weighted by atomic mass is 10.0. The molecule has 0 aliphatic rings. The maximum atomic E-state index is 12.5. The van der Waals surface area contributed by atoms with Gasteiger partial charge in [-0.1, -0.05) is 41.4 Å². The number of nitrogen functional groups attached to an aromatic ring is 1. The molecule has 0 amide bonds. The van der Waals surface area contributed by atoms with Gasteiger partial charge in [0.2, 0.25) is 0 Å². The first-order valence-corrected chi connectivity index (χ1v) is 7.79. The van der Waals surface area contributed by atoms with Gasteiger partial charge in [0, 0.05) is 17.7 Å². The highest BCUT2D eigenvalue weighted by Crippen LogP contribution is 2.27. The minimum Gasteiger partial charge on any atom is -0.466 e. The van der Waals surface area contributed by atoms with Gasteiger partial charge in [-0.3, -0.25) is 4.79 Å². The number of Topliss-reactive ketones (excluding diaryl/α,β-unsaturated/α-hetero) is 1. The molecule has 0 radical (unpaired) electrons. The van der Waals surface area contributed by atoms with Crippen molar-refractivity contribution in [1.82, 2.24) is 0 Å². The second-order valence-electron chi connectivity index (χ2n) is 5.02. The molecule has 0 aromatic heterocycles. The molecule has 0 bridgehead atoms. The number of carbonyl (C=O) groups is 2. The van der Waals surface area contributed by atoms with Crippen LogP contribution in [0, 0.1) is 0 Å². The van der Waals surface area contributed by atoms with E-state index in [1.54, 1.807) is 48.5 Å². The number of ether oxygens (including phenoxy) is 1. The van der Waals surface area contributed by atoms with Crippen LogP contribution in [0.1, 0.15) is 22.3 Å². The van der Waals surface area contributed by atoms with Crippen molar-refractivity contribution in [2.24, 2.45) is 0 Å².